The van der Waals surface area contributed by atoms with E-state index in [-0.39, 0.29) is 11.2 Å². The minimum absolute atomic E-state index is 0.0789. The van der Waals surface area contributed by atoms with Gasteiger partial charge in [0, 0.05) is 11.4 Å². The molecule has 0 saturated heterocycles. The first-order chi connectivity index (χ1) is 11.2. The van der Waals surface area contributed by atoms with Gasteiger partial charge in [0.25, 0.3) is 0 Å². The van der Waals surface area contributed by atoms with Gasteiger partial charge in [-0.1, -0.05) is 37.3 Å². The summed E-state index contributed by atoms with van der Waals surface area (Å²) >= 11 is 1.59. The normalized spacial score (nSPS) is 11.7. The van der Waals surface area contributed by atoms with E-state index in [1.54, 1.807) is 11.8 Å². The molecule has 1 N–H and O–H groups in total. The van der Waals surface area contributed by atoms with E-state index >= 15 is 0 Å². The largest absolute Gasteiger partial charge is 0.494 e. The fourth-order valence-electron chi connectivity index (χ4n) is 2.17. The lowest BCUT2D eigenvalue weighted by Gasteiger charge is -2.15. The maximum Gasteiger partial charge on any atom is 0.233 e. The number of hydrogen-bond acceptors (Lipinski definition) is 3. The van der Waals surface area contributed by atoms with Crippen LogP contribution < -0.4 is 10.1 Å². The molecule has 0 aliphatic carbocycles. The van der Waals surface area contributed by atoms with Gasteiger partial charge in [-0.15, -0.1) is 11.8 Å². The van der Waals surface area contributed by atoms with Crippen LogP contribution in [-0.4, -0.2) is 17.8 Å². The van der Waals surface area contributed by atoms with E-state index in [1.807, 2.05) is 68.4 Å². The first kappa shape index (κ1) is 17.4. The maximum atomic E-state index is 12.4. The van der Waals surface area contributed by atoms with Gasteiger partial charge in [-0.25, -0.2) is 0 Å². The average Bonchev–Trinajstić information content (AvgIpc) is 2.60. The summed E-state index contributed by atoms with van der Waals surface area (Å²) in [5.74, 6) is 0.939. The number of amides is 1. The van der Waals surface area contributed by atoms with Gasteiger partial charge in [0.15, 0.2) is 0 Å². The average molecular weight is 329 g/mol. The first-order valence-corrected chi connectivity index (χ1v) is 8.82. The van der Waals surface area contributed by atoms with Crippen molar-refractivity contribution < 1.29 is 9.53 Å². The SMILES string of the molecule is CCOc1ccc(SC(CC)C(=O)NCc2ccccc2)cc1. The molecule has 1 amide bonds. The van der Waals surface area contributed by atoms with Crippen LogP contribution >= 0.6 is 11.8 Å². The molecule has 0 fully saturated rings. The third-order valence-electron chi connectivity index (χ3n) is 3.39. The summed E-state index contributed by atoms with van der Waals surface area (Å²) in [4.78, 5) is 13.4. The standard InChI is InChI=1S/C19H23NO2S/c1-3-18(19(21)20-14-15-8-6-5-7-9-15)23-17-12-10-16(11-13-17)22-4-2/h5-13,18H,3-4,14H2,1-2H3,(H,20,21). The minimum Gasteiger partial charge on any atom is -0.494 e. The highest BCUT2D eigenvalue weighted by Crippen LogP contribution is 2.27. The number of carbonyl (C=O) groups excluding carboxylic acids is 1. The summed E-state index contributed by atoms with van der Waals surface area (Å²) in [6.45, 7) is 5.23. The molecule has 2 rings (SSSR count). The van der Waals surface area contributed by atoms with Crippen LogP contribution in [0, 0.1) is 0 Å². The monoisotopic (exact) mass is 329 g/mol. The predicted octanol–water partition coefficient (Wildman–Crippen LogP) is 4.27. The van der Waals surface area contributed by atoms with Crippen LogP contribution in [0.25, 0.3) is 0 Å². The van der Waals surface area contributed by atoms with Gasteiger partial charge in [-0.05, 0) is 43.2 Å². The quantitative estimate of drug-likeness (QED) is 0.735. The first-order valence-electron chi connectivity index (χ1n) is 7.94. The zero-order chi connectivity index (χ0) is 16.5. The van der Waals surface area contributed by atoms with Crippen LogP contribution in [0.3, 0.4) is 0 Å². The number of ether oxygens (including phenoxy) is 1. The molecule has 4 heteroatoms. The summed E-state index contributed by atoms with van der Waals surface area (Å²) in [6, 6.07) is 17.9. The fraction of sp³-hybridized carbons (Fsp3) is 0.316. The van der Waals surface area contributed by atoms with E-state index in [9.17, 15) is 4.79 Å². The second kappa shape index (κ2) is 9.26. The van der Waals surface area contributed by atoms with Crippen LogP contribution in [0.5, 0.6) is 5.75 Å². The molecular formula is C19H23NO2S. The third-order valence-corrected chi connectivity index (χ3v) is 4.76. The highest BCUT2D eigenvalue weighted by atomic mass is 32.2. The van der Waals surface area contributed by atoms with Crippen molar-refractivity contribution in [2.45, 2.75) is 37.0 Å². The van der Waals surface area contributed by atoms with Gasteiger partial charge in [-0.3, -0.25) is 4.79 Å². The Labute approximate surface area is 142 Å². The fourth-order valence-corrected chi connectivity index (χ4v) is 3.15. The summed E-state index contributed by atoms with van der Waals surface area (Å²) in [5.41, 5.74) is 1.11. The number of carbonyl (C=O) groups is 1. The molecule has 2 aromatic rings. The van der Waals surface area contributed by atoms with Gasteiger partial charge in [-0.2, -0.15) is 0 Å². The Morgan fingerprint density at radius 1 is 1.09 bits per heavy atom. The Bertz CT molecular complexity index is 599. The molecule has 0 saturated carbocycles. The van der Waals surface area contributed by atoms with Crippen LogP contribution in [0.2, 0.25) is 0 Å². The molecule has 0 bridgehead atoms. The van der Waals surface area contributed by atoms with Crippen molar-refractivity contribution in [1.82, 2.24) is 5.32 Å². The van der Waals surface area contributed by atoms with Gasteiger partial charge in [0.05, 0.1) is 11.9 Å². The topological polar surface area (TPSA) is 38.3 Å². The van der Waals surface area contributed by atoms with Gasteiger partial charge in [0.1, 0.15) is 5.75 Å². The van der Waals surface area contributed by atoms with Crippen molar-refractivity contribution in [2.75, 3.05) is 6.61 Å². The van der Waals surface area contributed by atoms with Crippen molar-refractivity contribution >= 4 is 17.7 Å². The van der Waals surface area contributed by atoms with Gasteiger partial charge >= 0.3 is 0 Å². The summed E-state index contributed by atoms with van der Waals surface area (Å²) in [7, 11) is 0. The lowest BCUT2D eigenvalue weighted by atomic mass is 10.2. The van der Waals surface area contributed by atoms with Crippen molar-refractivity contribution in [1.29, 1.82) is 0 Å². The number of rotatable bonds is 8. The smallest absolute Gasteiger partial charge is 0.233 e. The van der Waals surface area contributed by atoms with Crippen molar-refractivity contribution in [3.8, 4) is 5.75 Å². The number of nitrogens with one attached hydrogen (secondary N) is 1. The molecule has 0 aliphatic rings. The summed E-state index contributed by atoms with van der Waals surface area (Å²) < 4.78 is 5.44. The molecule has 2 aromatic carbocycles. The Balaban J connectivity index is 1.89. The van der Waals surface area contributed by atoms with E-state index in [2.05, 4.69) is 5.32 Å². The second-order valence-corrected chi connectivity index (χ2v) is 6.40. The van der Waals surface area contributed by atoms with Gasteiger partial charge in [0.2, 0.25) is 5.91 Å². The Morgan fingerprint density at radius 2 is 1.78 bits per heavy atom. The zero-order valence-electron chi connectivity index (χ0n) is 13.6. The molecule has 3 nitrogen and oxygen atoms in total. The highest BCUT2D eigenvalue weighted by molar-refractivity contribution is 8.00. The Kier molecular flexibility index (Phi) is 7.01. The van der Waals surface area contributed by atoms with Crippen molar-refractivity contribution in [2.24, 2.45) is 0 Å². The molecular weight excluding hydrogens is 306 g/mol. The van der Waals surface area contributed by atoms with Crippen LogP contribution in [0.4, 0.5) is 0 Å². The molecule has 0 heterocycles. The van der Waals surface area contributed by atoms with Gasteiger partial charge < -0.3 is 10.1 Å². The molecule has 0 radical (unpaired) electrons. The number of benzene rings is 2. The molecule has 1 unspecified atom stereocenters. The maximum absolute atomic E-state index is 12.4. The second-order valence-electron chi connectivity index (χ2n) is 5.12. The number of thioether (sulfide) groups is 1. The van der Waals surface area contributed by atoms with Crippen LogP contribution in [-0.2, 0) is 11.3 Å². The molecule has 23 heavy (non-hydrogen) atoms. The summed E-state index contributed by atoms with van der Waals surface area (Å²) in [5, 5.41) is 2.93. The van der Waals surface area contributed by atoms with E-state index < -0.39 is 0 Å². The molecule has 1 atom stereocenters. The Morgan fingerprint density at radius 3 is 2.39 bits per heavy atom. The summed E-state index contributed by atoms with van der Waals surface area (Å²) in [6.07, 6.45) is 0.790. The van der Waals surface area contributed by atoms with Crippen molar-refractivity contribution in [3.63, 3.8) is 0 Å². The van der Waals surface area contributed by atoms with E-state index in [1.165, 1.54) is 0 Å². The lowest BCUT2D eigenvalue weighted by Crippen LogP contribution is -2.31. The van der Waals surface area contributed by atoms with E-state index in [0.29, 0.717) is 13.2 Å². The number of hydrogen-bond donors (Lipinski definition) is 1. The van der Waals surface area contributed by atoms with E-state index in [4.69, 9.17) is 4.74 Å². The van der Waals surface area contributed by atoms with Crippen molar-refractivity contribution in [3.05, 3.63) is 60.2 Å². The Hall–Kier alpha value is -1.94. The molecule has 0 spiro atoms. The van der Waals surface area contributed by atoms with E-state index in [0.717, 1.165) is 22.6 Å². The molecule has 0 aliphatic heterocycles. The zero-order valence-corrected chi connectivity index (χ0v) is 14.4. The lowest BCUT2D eigenvalue weighted by molar-refractivity contribution is -0.120. The minimum atomic E-state index is -0.0864. The van der Waals surface area contributed by atoms with Crippen LogP contribution in [0.1, 0.15) is 25.8 Å². The van der Waals surface area contributed by atoms with Crippen LogP contribution in [0.15, 0.2) is 59.5 Å². The molecule has 0 aromatic heterocycles. The third kappa shape index (κ3) is 5.64. The predicted molar refractivity (Wildman–Crippen MR) is 95.8 cm³/mol. The highest BCUT2D eigenvalue weighted by Gasteiger charge is 2.17. The molecule has 122 valence electrons.